The highest BCUT2D eigenvalue weighted by Gasteiger charge is 2.16. The van der Waals surface area contributed by atoms with Crippen molar-refractivity contribution < 1.29 is 19.1 Å². The Morgan fingerprint density at radius 1 is 0.717 bits per heavy atom. The maximum absolute atomic E-state index is 13.5. The van der Waals surface area contributed by atoms with Gasteiger partial charge in [-0.25, -0.2) is 0 Å². The van der Waals surface area contributed by atoms with Crippen molar-refractivity contribution in [3.63, 3.8) is 0 Å². The number of rotatable bonds is 12. The Hall–Kier alpha value is -5.60. The van der Waals surface area contributed by atoms with E-state index >= 15 is 0 Å². The molecule has 0 aliphatic carbocycles. The molecule has 0 heterocycles. The number of hydrogen-bond acceptors (Lipinski definition) is 5. The molecule has 5 rings (SSSR count). The molecular weight excluding hydrogens is 595 g/mol. The Labute approximate surface area is 272 Å². The average Bonchev–Trinajstić information content (AvgIpc) is 3.09. The van der Waals surface area contributed by atoms with Crippen molar-refractivity contribution in [2.45, 2.75) is 18.4 Å². The third kappa shape index (κ3) is 9.70. The molecule has 7 nitrogen and oxygen atoms in total. The Morgan fingerprint density at radius 2 is 1.41 bits per heavy atom. The number of benzene rings is 5. The van der Waals surface area contributed by atoms with Crippen molar-refractivity contribution >= 4 is 46.9 Å². The van der Waals surface area contributed by atoms with Gasteiger partial charge in [0.2, 0.25) is 5.91 Å². The van der Waals surface area contributed by atoms with Crippen LogP contribution in [0.3, 0.4) is 0 Å². The van der Waals surface area contributed by atoms with Crippen LogP contribution in [0.25, 0.3) is 6.08 Å². The first kappa shape index (κ1) is 31.8. The molecule has 3 amide bonds. The molecule has 0 bridgehead atoms. The summed E-state index contributed by atoms with van der Waals surface area (Å²) in [6.45, 7) is 2.43. The van der Waals surface area contributed by atoms with Gasteiger partial charge in [-0.15, -0.1) is 11.8 Å². The normalized spacial score (nSPS) is 10.9. The Balaban J connectivity index is 1.26. The molecule has 0 fully saturated rings. The number of hydrogen-bond donors (Lipinski definition) is 3. The van der Waals surface area contributed by atoms with Crippen LogP contribution in [-0.2, 0) is 16.2 Å². The van der Waals surface area contributed by atoms with Crippen molar-refractivity contribution in [2.75, 3.05) is 16.4 Å². The first-order valence-corrected chi connectivity index (χ1v) is 15.7. The Morgan fingerprint density at radius 3 is 2.13 bits per heavy atom. The van der Waals surface area contributed by atoms with Crippen LogP contribution in [-0.4, -0.2) is 23.5 Å². The molecule has 5 aromatic rings. The summed E-state index contributed by atoms with van der Waals surface area (Å²) in [5.41, 5.74) is 4.64. The van der Waals surface area contributed by atoms with Crippen LogP contribution in [0.5, 0.6) is 5.75 Å². The van der Waals surface area contributed by atoms with Crippen LogP contribution in [0, 0.1) is 6.92 Å². The van der Waals surface area contributed by atoms with E-state index in [2.05, 4.69) is 16.0 Å². The number of amides is 3. The van der Waals surface area contributed by atoms with Crippen LogP contribution >= 0.6 is 11.8 Å². The standard InChI is InChI=1S/C38H33N3O4S/c1-27-15-19-31(20-16-27)39-36(42)26-46-34-14-8-13-32(24-34)40-38(44)35(41-37(43)30-11-6-3-7-12-30)23-28-17-21-33(22-18-28)45-25-29-9-4-2-5-10-29/h2-24H,25-26H2,1H3,(H,39,42)(H,40,44)(H,41,43)/b35-23-. The second-order valence-electron chi connectivity index (χ2n) is 10.4. The second kappa shape index (κ2) is 15.9. The van der Waals surface area contributed by atoms with E-state index in [9.17, 15) is 14.4 Å². The predicted octanol–water partition coefficient (Wildman–Crippen LogP) is 7.71. The molecule has 0 aromatic heterocycles. The number of anilines is 2. The maximum atomic E-state index is 13.5. The zero-order chi connectivity index (χ0) is 32.1. The van der Waals surface area contributed by atoms with Crippen LogP contribution in [0.2, 0.25) is 0 Å². The minimum atomic E-state index is -0.493. The van der Waals surface area contributed by atoms with Gasteiger partial charge in [0.25, 0.3) is 11.8 Å². The van der Waals surface area contributed by atoms with Crippen LogP contribution in [0.15, 0.2) is 144 Å². The van der Waals surface area contributed by atoms with Gasteiger partial charge in [-0.1, -0.05) is 84.4 Å². The predicted molar refractivity (Wildman–Crippen MR) is 185 cm³/mol. The summed E-state index contributed by atoms with van der Waals surface area (Å²) < 4.78 is 5.88. The van der Waals surface area contributed by atoms with E-state index in [1.165, 1.54) is 11.8 Å². The number of carbonyl (C=O) groups is 3. The molecule has 0 saturated carbocycles. The topological polar surface area (TPSA) is 96.5 Å². The van der Waals surface area contributed by atoms with E-state index in [1.54, 1.807) is 48.5 Å². The summed E-state index contributed by atoms with van der Waals surface area (Å²) in [4.78, 5) is 39.8. The van der Waals surface area contributed by atoms with Gasteiger partial charge in [-0.05, 0) is 78.7 Å². The van der Waals surface area contributed by atoms with E-state index in [-0.39, 0.29) is 17.4 Å². The first-order valence-electron chi connectivity index (χ1n) is 14.7. The number of thioether (sulfide) groups is 1. The second-order valence-corrected chi connectivity index (χ2v) is 11.5. The highest BCUT2D eigenvalue weighted by atomic mass is 32.2. The number of aryl methyl sites for hydroxylation is 1. The van der Waals surface area contributed by atoms with Crippen molar-refractivity contribution in [1.29, 1.82) is 0 Å². The molecule has 8 heteroatoms. The third-order valence-corrected chi connectivity index (χ3v) is 7.76. The summed E-state index contributed by atoms with van der Waals surface area (Å²) >= 11 is 1.36. The highest BCUT2D eigenvalue weighted by Crippen LogP contribution is 2.23. The van der Waals surface area contributed by atoms with Gasteiger partial charge in [-0.3, -0.25) is 14.4 Å². The summed E-state index contributed by atoms with van der Waals surface area (Å²) in [5.74, 6) is -0.147. The smallest absolute Gasteiger partial charge is 0.272 e. The van der Waals surface area contributed by atoms with E-state index in [0.717, 1.165) is 21.7 Å². The van der Waals surface area contributed by atoms with Gasteiger partial charge in [0.15, 0.2) is 0 Å². The SMILES string of the molecule is Cc1ccc(NC(=O)CSc2cccc(NC(=O)/C(=C/c3ccc(OCc4ccccc4)cc3)NC(=O)c3ccccc3)c2)cc1. The van der Waals surface area contributed by atoms with E-state index < -0.39 is 11.8 Å². The van der Waals surface area contributed by atoms with Gasteiger partial charge in [0, 0.05) is 21.8 Å². The van der Waals surface area contributed by atoms with E-state index in [4.69, 9.17) is 4.74 Å². The number of nitrogens with one attached hydrogen (secondary N) is 3. The third-order valence-electron chi connectivity index (χ3n) is 6.77. The van der Waals surface area contributed by atoms with Crippen molar-refractivity contribution in [2.24, 2.45) is 0 Å². The van der Waals surface area contributed by atoms with Crippen LogP contribution in [0.4, 0.5) is 11.4 Å². The number of ether oxygens (including phenoxy) is 1. The molecule has 0 aliphatic heterocycles. The molecule has 0 spiro atoms. The summed E-state index contributed by atoms with van der Waals surface area (Å²) in [6.07, 6.45) is 1.62. The summed E-state index contributed by atoms with van der Waals surface area (Å²) in [6, 6.07) is 40.7. The Bertz CT molecular complexity index is 1810. The molecule has 0 radical (unpaired) electrons. The molecule has 230 valence electrons. The minimum Gasteiger partial charge on any atom is -0.489 e. The van der Waals surface area contributed by atoms with E-state index in [0.29, 0.717) is 29.2 Å². The van der Waals surface area contributed by atoms with Crippen molar-refractivity contribution in [3.05, 3.63) is 161 Å². The zero-order valence-electron chi connectivity index (χ0n) is 25.2. The average molecular weight is 628 g/mol. The maximum Gasteiger partial charge on any atom is 0.272 e. The van der Waals surface area contributed by atoms with Gasteiger partial charge in [-0.2, -0.15) is 0 Å². The fourth-order valence-electron chi connectivity index (χ4n) is 4.36. The molecule has 46 heavy (non-hydrogen) atoms. The van der Waals surface area contributed by atoms with Gasteiger partial charge >= 0.3 is 0 Å². The molecule has 0 aliphatic rings. The monoisotopic (exact) mass is 627 g/mol. The van der Waals surface area contributed by atoms with Crippen molar-refractivity contribution in [3.8, 4) is 5.75 Å². The number of carbonyl (C=O) groups excluding carboxylic acids is 3. The van der Waals surface area contributed by atoms with Crippen LogP contribution in [0.1, 0.15) is 27.0 Å². The van der Waals surface area contributed by atoms with Gasteiger partial charge in [0.1, 0.15) is 18.1 Å². The fourth-order valence-corrected chi connectivity index (χ4v) is 5.11. The molecule has 0 atom stereocenters. The van der Waals surface area contributed by atoms with Gasteiger partial charge in [0.05, 0.1) is 5.75 Å². The molecule has 5 aromatic carbocycles. The molecule has 3 N–H and O–H groups in total. The van der Waals surface area contributed by atoms with Gasteiger partial charge < -0.3 is 20.7 Å². The zero-order valence-corrected chi connectivity index (χ0v) is 26.1. The highest BCUT2D eigenvalue weighted by molar-refractivity contribution is 8.00. The lowest BCUT2D eigenvalue weighted by Gasteiger charge is -2.12. The first-order chi connectivity index (χ1) is 22.4. The van der Waals surface area contributed by atoms with E-state index in [1.807, 2.05) is 97.9 Å². The minimum absolute atomic E-state index is 0.0716. The lowest BCUT2D eigenvalue weighted by molar-refractivity contribution is -0.114. The largest absolute Gasteiger partial charge is 0.489 e. The quantitative estimate of drug-likeness (QED) is 0.0973. The summed E-state index contributed by atoms with van der Waals surface area (Å²) in [5, 5.41) is 8.54. The van der Waals surface area contributed by atoms with Crippen molar-refractivity contribution in [1.82, 2.24) is 5.32 Å². The lowest BCUT2D eigenvalue weighted by atomic mass is 10.1. The van der Waals surface area contributed by atoms with Crippen LogP contribution < -0.4 is 20.7 Å². The lowest BCUT2D eigenvalue weighted by Crippen LogP contribution is -2.30. The molecule has 0 unspecified atom stereocenters. The molecular formula is C38H33N3O4S. The molecule has 0 saturated heterocycles. The Kier molecular flexibility index (Phi) is 11.0. The summed E-state index contributed by atoms with van der Waals surface area (Å²) in [7, 11) is 0. The fraction of sp³-hybridized carbons (Fsp3) is 0.0789.